The summed E-state index contributed by atoms with van der Waals surface area (Å²) in [6.45, 7) is 2.16. The summed E-state index contributed by atoms with van der Waals surface area (Å²) in [5.41, 5.74) is 2.84. The highest BCUT2D eigenvalue weighted by Crippen LogP contribution is 2.48. The van der Waals surface area contributed by atoms with Crippen molar-refractivity contribution in [3.05, 3.63) is 41.0 Å². The first-order valence-corrected chi connectivity index (χ1v) is 9.90. The Morgan fingerprint density at radius 1 is 1.10 bits per heavy atom. The molecule has 0 amide bonds. The quantitative estimate of drug-likeness (QED) is 0.789. The van der Waals surface area contributed by atoms with Crippen LogP contribution in [0.25, 0.3) is 0 Å². The van der Waals surface area contributed by atoms with Gasteiger partial charge in [-0.1, -0.05) is 0 Å². The molecule has 2 aromatic rings. The number of nitrogens with one attached hydrogen (secondary N) is 1. The molecule has 7 nitrogen and oxygen atoms in total. The van der Waals surface area contributed by atoms with Crippen molar-refractivity contribution in [2.45, 2.75) is 18.9 Å². The molecular formula is C22H24NO6+. The highest BCUT2D eigenvalue weighted by atomic mass is 16.7. The van der Waals surface area contributed by atoms with Crippen LogP contribution in [0.5, 0.6) is 28.7 Å². The molecule has 1 unspecified atom stereocenters. The summed E-state index contributed by atoms with van der Waals surface area (Å²) in [7, 11) is 3.76. The average molecular weight is 398 g/mol. The molecule has 3 aliphatic rings. The summed E-state index contributed by atoms with van der Waals surface area (Å²) >= 11 is 0. The van der Waals surface area contributed by atoms with E-state index >= 15 is 0 Å². The third-order valence-electron chi connectivity index (χ3n) is 5.93. The summed E-state index contributed by atoms with van der Waals surface area (Å²) in [5, 5.41) is 0. The lowest BCUT2D eigenvalue weighted by atomic mass is 9.87. The van der Waals surface area contributed by atoms with Gasteiger partial charge in [0.15, 0.2) is 28.8 Å². The zero-order chi connectivity index (χ0) is 20.0. The second kappa shape index (κ2) is 7.15. The van der Waals surface area contributed by atoms with Crippen LogP contribution in [0.4, 0.5) is 0 Å². The number of ether oxygens (including phenoxy) is 5. The van der Waals surface area contributed by atoms with Gasteiger partial charge in [-0.15, -0.1) is 0 Å². The number of benzene rings is 2. The molecule has 2 aromatic carbocycles. The van der Waals surface area contributed by atoms with Crippen molar-refractivity contribution in [2.75, 3.05) is 40.7 Å². The van der Waals surface area contributed by atoms with Gasteiger partial charge in [-0.05, 0) is 29.8 Å². The third-order valence-corrected chi connectivity index (χ3v) is 5.93. The Labute approximate surface area is 169 Å². The fourth-order valence-electron chi connectivity index (χ4n) is 4.42. The molecule has 152 valence electrons. The maximum atomic E-state index is 13.2. The maximum absolute atomic E-state index is 13.2. The van der Waals surface area contributed by atoms with Gasteiger partial charge in [0.05, 0.1) is 32.7 Å². The lowest BCUT2D eigenvalue weighted by Gasteiger charge is -2.32. The van der Waals surface area contributed by atoms with Gasteiger partial charge in [0.1, 0.15) is 19.3 Å². The van der Waals surface area contributed by atoms with Crippen LogP contribution in [0.3, 0.4) is 0 Å². The molecule has 0 saturated heterocycles. The van der Waals surface area contributed by atoms with Gasteiger partial charge in [0.25, 0.3) is 0 Å². The predicted molar refractivity (Wildman–Crippen MR) is 104 cm³/mol. The van der Waals surface area contributed by atoms with Crippen molar-refractivity contribution in [2.24, 2.45) is 0 Å². The third kappa shape index (κ3) is 3.06. The first-order chi connectivity index (χ1) is 14.2. The Morgan fingerprint density at radius 2 is 1.93 bits per heavy atom. The van der Waals surface area contributed by atoms with E-state index in [4.69, 9.17) is 23.7 Å². The molecule has 0 aromatic heterocycles. The summed E-state index contributed by atoms with van der Waals surface area (Å²) in [6, 6.07) is 7.42. The van der Waals surface area contributed by atoms with Gasteiger partial charge in [-0.3, -0.25) is 4.79 Å². The number of methoxy groups -OCH3 is 1. The Bertz CT molecular complexity index is 972. The topological polar surface area (TPSA) is 67.7 Å². The SMILES string of the molecule is COc1c2c(cc3c1[C@@H](CC(=O)c1ccc4c(c1)OCCO4)[NH+](C)CC3)OCO2. The molecule has 0 spiro atoms. The first kappa shape index (κ1) is 18.1. The maximum Gasteiger partial charge on any atom is 0.231 e. The zero-order valence-electron chi connectivity index (χ0n) is 16.6. The molecule has 1 N–H and O–H groups in total. The van der Waals surface area contributed by atoms with Gasteiger partial charge in [-0.25, -0.2) is 0 Å². The number of fused-ring (bicyclic) bond motifs is 3. The molecule has 0 bridgehead atoms. The fourth-order valence-corrected chi connectivity index (χ4v) is 4.42. The van der Waals surface area contributed by atoms with E-state index in [0.29, 0.717) is 48.2 Å². The Kier molecular flexibility index (Phi) is 4.47. The van der Waals surface area contributed by atoms with E-state index in [1.54, 1.807) is 13.2 Å². The number of rotatable bonds is 4. The fraction of sp³-hybridized carbons (Fsp3) is 0.409. The lowest BCUT2D eigenvalue weighted by molar-refractivity contribution is -0.913. The number of quaternary nitrogens is 1. The van der Waals surface area contributed by atoms with E-state index in [9.17, 15) is 4.79 Å². The lowest BCUT2D eigenvalue weighted by Crippen LogP contribution is -3.10. The van der Waals surface area contributed by atoms with Gasteiger partial charge >= 0.3 is 0 Å². The van der Waals surface area contributed by atoms with E-state index in [0.717, 1.165) is 29.8 Å². The number of hydrogen-bond donors (Lipinski definition) is 1. The van der Waals surface area contributed by atoms with E-state index in [1.807, 2.05) is 18.2 Å². The van der Waals surface area contributed by atoms with Crippen molar-refractivity contribution in [3.63, 3.8) is 0 Å². The van der Waals surface area contributed by atoms with Crippen LogP contribution in [0, 0.1) is 0 Å². The van der Waals surface area contributed by atoms with Crippen LogP contribution >= 0.6 is 0 Å². The van der Waals surface area contributed by atoms with Crippen molar-refractivity contribution < 1.29 is 33.4 Å². The molecule has 2 atom stereocenters. The van der Waals surface area contributed by atoms with Crippen LogP contribution < -0.4 is 28.6 Å². The summed E-state index contributed by atoms with van der Waals surface area (Å²) < 4.78 is 28.1. The second-order valence-corrected chi connectivity index (χ2v) is 7.60. The number of ketones is 1. The van der Waals surface area contributed by atoms with E-state index < -0.39 is 0 Å². The summed E-state index contributed by atoms with van der Waals surface area (Å²) in [5.74, 6) is 3.43. The van der Waals surface area contributed by atoms with Crippen LogP contribution in [0.2, 0.25) is 0 Å². The summed E-state index contributed by atoms with van der Waals surface area (Å²) in [6.07, 6.45) is 1.28. The minimum Gasteiger partial charge on any atom is -0.492 e. The predicted octanol–water partition coefficient (Wildman–Crippen LogP) is 1.58. The standard InChI is InChI=1S/C22H23NO6/c1-23-6-5-14-10-19-21(29-12-28-19)22(25-2)20(14)15(23)11-16(24)13-3-4-17-18(9-13)27-8-7-26-17/h3-4,9-10,15H,5-8,11-12H2,1-2H3/p+1/t15-/m1/s1. The van der Waals surface area contributed by atoms with Crippen molar-refractivity contribution >= 4 is 5.78 Å². The van der Waals surface area contributed by atoms with Gasteiger partial charge in [0, 0.05) is 12.0 Å². The van der Waals surface area contributed by atoms with Crippen LogP contribution in [0.15, 0.2) is 24.3 Å². The average Bonchev–Trinajstić information content (AvgIpc) is 3.22. The van der Waals surface area contributed by atoms with E-state index in [1.165, 1.54) is 4.90 Å². The molecule has 3 heterocycles. The number of carbonyl (C=O) groups is 1. The number of Topliss-reactive ketones (excluding diaryl/α,β-unsaturated/α-hetero) is 1. The largest absolute Gasteiger partial charge is 0.492 e. The molecule has 29 heavy (non-hydrogen) atoms. The van der Waals surface area contributed by atoms with Gasteiger partial charge in [0.2, 0.25) is 12.5 Å². The van der Waals surface area contributed by atoms with Gasteiger partial charge < -0.3 is 28.6 Å². The normalized spacial score (nSPS) is 21.4. The van der Waals surface area contributed by atoms with E-state index in [2.05, 4.69) is 7.05 Å². The minimum atomic E-state index is -0.0242. The Hall–Kier alpha value is -2.93. The van der Waals surface area contributed by atoms with Gasteiger partial charge in [-0.2, -0.15) is 0 Å². The second-order valence-electron chi connectivity index (χ2n) is 7.60. The van der Waals surface area contributed by atoms with Crippen LogP contribution in [-0.2, 0) is 6.42 Å². The number of hydrogen-bond acceptors (Lipinski definition) is 6. The number of carbonyl (C=O) groups excluding carboxylic acids is 1. The molecule has 3 aliphatic heterocycles. The van der Waals surface area contributed by atoms with Crippen LogP contribution in [-0.4, -0.2) is 46.5 Å². The molecule has 0 radical (unpaired) electrons. The molecule has 5 rings (SSSR count). The summed E-state index contributed by atoms with van der Waals surface area (Å²) in [4.78, 5) is 14.5. The van der Waals surface area contributed by atoms with Crippen LogP contribution in [0.1, 0.15) is 33.9 Å². The van der Waals surface area contributed by atoms with Crippen molar-refractivity contribution in [1.29, 1.82) is 0 Å². The monoisotopic (exact) mass is 398 g/mol. The van der Waals surface area contributed by atoms with Crippen molar-refractivity contribution in [1.82, 2.24) is 0 Å². The minimum absolute atomic E-state index is 0.0242. The number of likely N-dealkylation sites (N-methyl/N-ethyl adjacent to an activating group) is 1. The molecular weight excluding hydrogens is 374 g/mol. The Morgan fingerprint density at radius 3 is 2.76 bits per heavy atom. The smallest absolute Gasteiger partial charge is 0.231 e. The Balaban J connectivity index is 1.48. The highest BCUT2D eigenvalue weighted by Gasteiger charge is 2.37. The molecule has 0 aliphatic carbocycles. The molecule has 0 saturated carbocycles. The molecule has 0 fully saturated rings. The highest BCUT2D eigenvalue weighted by molar-refractivity contribution is 5.97. The van der Waals surface area contributed by atoms with Crippen molar-refractivity contribution in [3.8, 4) is 28.7 Å². The van der Waals surface area contributed by atoms with E-state index in [-0.39, 0.29) is 18.6 Å². The zero-order valence-corrected chi connectivity index (χ0v) is 16.6. The first-order valence-electron chi connectivity index (χ1n) is 9.90. The molecule has 7 heteroatoms.